The number of carboxylic acids is 1. The van der Waals surface area contributed by atoms with Crippen LogP contribution in [0.5, 0.6) is 11.5 Å². The van der Waals surface area contributed by atoms with E-state index in [-0.39, 0.29) is 23.8 Å². The van der Waals surface area contributed by atoms with Gasteiger partial charge in [0.2, 0.25) is 0 Å². The Kier molecular flexibility index (Phi) is 5.43. The molecule has 2 atom stereocenters. The molecule has 2 saturated heterocycles. The number of carbonyl (C=O) groups is 1. The van der Waals surface area contributed by atoms with E-state index in [2.05, 4.69) is 4.90 Å². The van der Waals surface area contributed by atoms with Crippen LogP contribution < -0.4 is 9.64 Å². The molecule has 8 heteroatoms. The molecule has 2 unspecified atom stereocenters. The highest BCUT2D eigenvalue weighted by molar-refractivity contribution is 6.30. The zero-order valence-corrected chi connectivity index (χ0v) is 18.5. The number of aromatic hydroxyl groups is 1. The number of aliphatic hydroxyl groups excluding tert-OH is 1. The molecule has 7 nitrogen and oxygen atoms in total. The van der Waals surface area contributed by atoms with Crippen LogP contribution in [0.1, 0.15) is 24.0 Å². The van der Waals surface area contributed by atoms with Gasteiger partial charge in [0.25, 0.3) is 0 Å². The van der Waals surface area contributed by atoms with Crippen LogP contribution in [0.2, 0.25) is 5.02 Å². The number of likely N-dealkylation sites (tertiary alicyclic amines) is 1. The number of hydrogen-bond acceptors (Lipinski definition) is 6. The molecular weight excluding hydrogens is 432 g/mol. The Morgan fingerprint density at radius 2 is 1.94 bits per heavy atom. The lowest BCUT2D eigenvalue weighted by atomic mass is 9.86. The molecule has 170 valence electrons. The van der Waals surface area contributed by atoms with E-state index in [0.29, 0.717) is 24.3 Å². The summed E-state index contributed by atoms with van der Waals surface area (Å²) in [6, 6.07) is 10.5. The molecule has 0 amide bonds. The predicted octanol–water partition coefficient (Wildman–Crippen LogP) is 2.69. The van der Waals surface area contributed by atoms with Crippen LogP contribution in [0.15, 0.2) is 36.4 Å². The Labute approximate surface area is 191 Å². The van der Waals surface area contributed by atoms with Gasteiger partial charge in [-0.2, -0.15) is 0 Å². The maximum atomic E-state index is 11.3. The van der Waals surface area contributed by atoms with Crippen molar-refractivity contribution in [1.29, 1.82) is 0 Å². The summed E-state index contributed by atoms with van der Waals surface area (Å²) in [6.07, 6.45) is 1.93. The van der Waals surface area contributed by atoms with E-state index in [1.165, 1.54) is 6.07 Å². The summed E-state index contributed by atoms with van der Waals surface area (Å²) in [5, 5.41) is 30.8. The van der Waals surface area contributed by atoms with Crippen LogP contribution in [-0.2, 0) is 17.6 Å². The van der Waals surface area contributed by atoms with Gasteiger partial charge in [-0.05, 0) is 35.4 Å². The third kappa shape index (κ3) is 4.00. The van der Waals surface area contributed by atoms with Crippen molar-refractivity contribution in [1.82, 2.24) is 4.90 Å². The van der Waals surface area contributed by atoms with Gasteiger partial charge in [-0.25, -0.2) is 0 Å². The minimum absolute atomic E-state index is 0.0504. The highest BCUT2D eigenvalue weighted by atomic mass is 35.5. The van der Waals surface area contributed by atoms with E-state index < -0.39 is 12.1 Å². The number of β-amino-alcohol motifs (C(OH)–C–C–N with tert-alkyl or cyclic N) is 1. The molecule has 0 radical (unpaired) electrons. The van der Waals surface area contributed by atoms with E-state index in [0.717, 1.165) is 48.7 Å². The fraction of sp³-hybridized carbons (Fsp3) is 0.458. The molecule has 2 fully saturated rings. The van der Waals surface area contributed by atoms with Gasteiger partial charge in [0.1, 0.15) is 17.1 Å². The standard InChI is InChI=1S/C24H27ClN2O5/c25-17-2-4-22-16(9-17)12-24(32-22)5-7-26(8-6-24)20-13-27(14-21(20)29)19-11-18(28)3-1-15(19)10-23(30)31/h1-4,9,11,20-21,28-29H,5-8,10,12-14H2,(H,30,31). The average Bonchev–Trinajstić information content (AvgIpc) is 3.29. The number of fused-ring (bicyclic) bond motifs is 1. The van der Waals surface area contributed by atoms with E-state index in [4.69, 9.17) is 16.3 Å². The summed E-state index contributed by atoms with van der Waals surface area (Å²) in [6.45, 7) is 2.63. The number of nitrogens with zero attached hydrogens (tertiary/aromatic N) is 2. The normalized spacial score (nSPS) is 24.5. The second kappa shape index (κ2) is 8.14. The molecule has 32 heavy (non-hydrogen) atoms. The summed E-state index contributed by atoms with van der Waals surface area (Å²) in [5.41, 5.74) is 2.27. The highest BCUT2D eigenvalue weighted by Crippen LogP contribution is 2.42. The van der Waals surface area contributed by atoms with Crippen molar-refractivity contribution in [2.75, 3.05) is 31.1 Å². The molecule has 0 saturated carbocycles. The number of piperidine rings is 1. The zero-order valence-electron chi connectivity index (χ0n) is 17.7. The lowest BCUT2D eigenvalue weighted by molar-refractivity contribution is -0.136. The topological polar surface area (TPSA) is 93.5 Å². The largest absolute Gasteiger partial charge is 0.508 e. The van der Waals surface area contributed by atoms with Gasteiger partial charge in [-0.15, -0.1) is 0 Å². The number of phenols is 1. The number of halogens is 1. The fourth-order valence-corrected chi connectivity index (χ4v) is 5.62. The van der Waals surface area contributed by atoms with Crippen LogP contribution in [-0.4, -0.2) is 70.1 Å². The summed E-state index contributed by atoms with van der Waals surface area (Å²) in [5.74, 6) is 0.0863. The molecule has 0 bridgehead atoms. The molecule has 3 aliphatic rings. The number of rotatable bonds is 4. The number of benzene rings is 2. The van der Waals surface area contributed by atoms with Crippen LogP contribution in [0, 0.1) is 0 Å². The number of anilines is 1. The Hall–Kier alpha value is -2.48. The van der Waals surface area contributed by atoms with Crippen LogP contribution in [0.25, 0.3) is 0 Å². The zero-order chi connectivity index (χ0) is 22.5. The number of hydrogen-bond donors (Lipinski definition) is 3. The summed E-state index contributed by atoms with van der Waals surface area (Å²) in [7, 11) is 0. The average molecular weight is 459 g/mol. The van der Waals surface area contributed by atoms with Crippen molar-refractivity contribution < 1.29 is 24.9 Å². The number of aliphatic hydroxyl groups is 1. The van der Waals surface area contributed by atoms with Gasteiger partial charge >= 0.3 is 5.97 Å². The second-order valence-electron chi connectivity index (χ2n) is 9.17. The predicted molar refractivity (Wildman–Crippen MR) is 121 cm³/mol. The van der Waals surface area contributed by atoms with Crippen molar-refractivity contribution in [3.05, 3.63) is 52.5 Å². The molecule has 3 N–H and O–H groups in total. The molecular formula is C24H27ClN2O5. The van der Waals surface area contributed by atoms with Gasteiger partial charge in [0.05, 0.1) is 18.6 Å². The van der Waals surface area contributed by atoms with Gasteiger partial charge in [0.15, 0.2) is 0 Å². The third-order valence-corrected chi connectivity index (χ3v) is 7.29. The van der Waals surface area contributed by atoms with Crippen LogP contribution in [0.3, 0.4) is 0 Å². The Morgan fingerprint density at radius 1 is 1.16 bits per heavy atom. The minimum atomic E-state index is -0.923. The van der Waals surface area contributed by atoms with Gasteiger partial charge in [0, 0.05) is 62.2 Å². The Morgan fingerprint density at radius 3 is 2.69 bits per heavy atom. The third-order valence-electron chi connectivity index (χ3n) is 7.05. The van der Waals surface area contributed by atoms with Crippen molar-refractivity contribution >= 4 is 23.3 Å². The summed E-state index contributed by atoms with van der Waals surface area (Å²) in [4.78, 5) is 15.6. The first kappa shape index (κ1) is 21.4. The summed E-state index contributed by atoms with van der Waals surface area (Å²) >= 11 is 6.14. The van der Waals surface area contributed by atoms with Crippen molar-refractivity contribution in [3.8, 4) is 11.5 Å². The molecule has 1 spiro atoms. The van der Waals surface area contributed by atoms with Crippen LogP contribution >= 0.6 is 11.6 Å². The Balaban J connectivity index is 1.26. The molecule has 2 aromatic carbocycles. The van der Waals surface area contributed by atoms with Crippen LogP contribution in [0.4, 0.5) is 5.69 Å². The molecule has 5 rings (SSSR count). The lowest BCUT2D eigenvalue weighted by Gasteiger charge is -2.41. The minimum Gasteiger partial charge on any atom is -0.508 e. The smallest absolute Gasteiger partial charge is 0.307 e. The quantitative estimate of drug-likeness (QED) is 0.648. The fourth-order valence-electron chi connectivity index (χ4n) is 5.43. The number of aliphatic carboxylic acids is 1. The maximum absolute atomic E-state index is 11.3. The van der Waals surface area contributed by atoms with E-state index >= 15 is 0 Å². The molecule has 3 aliphatic heterocycles. The molecule has 3 heterocycles. The summed E-state index contributed by atoms with van der Waals surface area (Å²) < 4.78 is 6.34. The van der Waals surface area contributed by atoms with Crippen molar-refractivity contribution in [2.45, 2.75) is 43.4 Å². The Bertz CT molecular complexity index is 1040. The molecule has 0 aliphatic carbocycles. The van der Waals surface area contributed by atoms with Gasteiger partial charge in [-0.1, -0.05) is 17.7 Å². The van der Waals surface area contributed by atoms with Gasteiger partial charge in [-0.3, -0.25) is 9.69 Å². The van der Waals surface area contributed by atoms with Gasteiger partial charge < -0.3 is 25.0 Å². The van der Waals surface area contributed by atoms with E-state index in [9.17, 15) is 20.1 Å². The van der Waals surface area contributed by atoms with Crippen molar-refractivity contribution in [2.24, 2.45) is 0 Å². The first-order chi connectivity index (χ1) is 15.3. The highest BCUT2D eigenvalue weighted by Gasteiger charge is 2.45. The second-order valence-corrected chi connectivity index (χ2v) is 9.61. The maximum Gasteiger partial charge on any atom is 0.307 e. The molecule has 0 aromatic heterocycles. The monoisotopic (exact) mass is 458 g/mol. The number of phenolic OH excluding ortho intramolecular Hbond substituents is 1. The molecule has 2 aromatic rings. The first-order valence-corrected chi connectivity index (χ1v) is 11.4. The lowest BCUT2D eigenvalue weighted by Crippen LogP contribution is -2.53. The van der Waals surface area contributed by atoms with Crippen molar-refractivity contribution in [3.63, 3.8) is 0 Å². The first-order valence-electron chi connectivity index (χ1n) is 11.0. The number of ether oxygens (including phenoxy) is 1. The SMILES string of the molecule is O=C(O)Cc1ccc(O)cc1N1CC(O)C(N2CCC3(CC2)Cc2cc(Cl)ccc2O3)C1. The van der Waals surface area contributed by atoms with E-state index in [1.807, 2.05) is 23.1 Å². The number of carboxylic acid groups (broad SMARTS) is 1. The van der Waals surface area contributed by atoms with E-state index in [1.54, 1.807) is 12.1 Å².